The molecule has 2 rings (SSSR count). The molecule has 1 atom stereocenters. The molecule has 1 aromatic heterocycles. The highest BCUT2D eigenvalue weighted by molar-refractivity contribution is 5.50. The fourth-order valence-corrected chi connectivity index (χ4v) is 2.38. The molecule has 1 aromatic carbocycles. The summed E-state index contributed by atoms with van der Waals surface area (Å²) in [5.41, 5.74) is 7.08. The van der Waals surface area contributed by atoms with Crippen molar-refractivity contribution in [2.45, 2.75) is 25.9 Å². The van der Waals surface area contributed by atoms with Crippen LogP contribution in [-0.4, -0.2) is 22.9 Å². The summed E-state index contributed by atoms with van der Waals surface area (Å²) in [6.45, 7) is 2.19. The van der Waals surface area contributed by atoms with E-state index in [1.807, 2.05) is 6.20 Å². The topological polar surface area (TPSA) is 47.1 Å². The highest BCUT2D eigenvalue weighted by atomic mass is 19.1. The van der Waals surface area contributed by atoms with Crippen LogP contribution in [0.2, 0.25) is 0 Å². The van der Waals surface area contributed by atoms with Gasteiger partial charge in [-0.2, -0.15) is 5.10 Å². The van der Waals surface area contributed by atoms with Gasteiger partial charge >= 0.3 is 0 Å². The summed E-state index contributed by atoms with van der Waals surface area (Å²) in [4.78, 5) is 1.54. The predicted octanol–water partition coefficient (Wildman–Crippen LogP) is 2.22. The van der Waals surface area contributed by atoms with Gasteiger partial charge in [-0.3, -0.25) is 4.68 Å². The number of hydrogen-bond donors (Lipinski definition) is 1. The van der Waals surface area contributed by atoms with Gasteiger partial charge in [-0.05, 0) is 31.0 Å². The number of aryl methyl sites for hydroxylation is 1. The lowest BCUT2D eigenvalue weighted by molar-refractivity contribution is 0.571. The van der Waals surface area contributed by atoms with Crippen molar-refractivity contribution in [1.29, 1.82) is 0 Å². The molecule has 0 saturated heterocycles. The van der Waals surface area contributed by atoms with Gasteiger partial charge < -0.3 is 10.6 Å². The minimum atomic E-state index is -0.572. The van der Waals surface area contributed by atoms with E-state index >= 15 is 0 Å². The number of nitrogens with zero attached hydrogens (tertiary/aromatic N) is 3. The molecule has 0 fully saturated rings. The molecule has 0 saturated carbocycles. The molecule has 0 aliphatic carbocycles. The summed E-state index contributed by atoms with van der Waals surface area (Å²) in [6.07, 6.45) is 3.94. The number of hydrogen-bond acceptors (Lipinski definition) is 3. The molecule has 0 radical (unpaired) electrons. The third-order valence-electron chi connectivity index (χ3n) is 3.19. The quantitative estimate of drug-likeness (QED) is 0.920. The van der Waals surface area contributed by atoms with Crippen molar-refractivity contribution in [3.05, 3.63) is 47.3 Å². The van der Waals surface area contributed by atoms with E-state index in [0.717, 1.165) is 5.56 Å². The van der Waals surface area contributed by atoms with Gasteiger partial charge in [0.1, 0.15) is 17.3 Å². The Morgan fingerprint density at radius 2 is 1.90 bits per heavy atom. The molecule has 114 valence electrons. The van der Waals surface area contributed by atoms with Crippen molar-refractivity contribution in [3.8, 4) is 0 Å². The molecule has 0 spiro atoms. The smallest absolute Gasteiger partial charge is 0.149 e. The molecule has 0 amide bonds. The number of benzene rings is 1. The summed E-state index contributed by atoms with van der Waals surface area (Å²) < 4.78 is 30.0. The average Bonchev–Trinajstić information content (AvgIpc) is 2.72. The maximum atomic E-state index is 14.2. The Balaban J connectivity index is 2.22. The van der Waals surface area contributed by atoms with Crippen molar-refractivity contribution < 1.29 is 8.78 Å². The average molecular weight is 294 g/mol. The van der Waals surface area contributed by atoms with Gasteiger partial charge in [0.15, 0.2) is 0 Å². The van der Waals surface area contributed by atoms with Crippen molar-refractivity contribution in [2.75, 3.05) is 11.9 Å². The molecule has 2 aromatic rings. The van der Waals surface area contributed by atoms with Gasteiger partial charge in [0.25, 0.3) is 0 Å². The molecular formula is C15H20F2N4. The van der Waals surface area contributed by atoms with E-state index in [9.17, 15) is 8.78 Å². The van der Waals surface area contributed by atoms with Crippen LogP contribution in [0.4, 0.5) is 14.5 Å². The first-order chi connectivity index (χ1) is 9.86. The van der Waals surface area contributed by atoms with Crippen LogP contribution >= 0.6 is 0 Å². The number of aromatic nitrogens is 2. The highest BCUT2D eigenvalue weighted by Gasteiger charge is 2.16. The van der Waals surface area contributed by atoms with E-state index in [1.165, 1.54) is 17.0 Å². The Hall–Kier alpha value is -1.95. The van der Waals surface area contributed by atoms with Crippen LogP contribution in [0.3, 0.4) is 0 Å². The van der Waals surface area contributed by atoms with Crippen molar-refractivity contribution in [2.24, 2.45) is 12.8 Å². The Morgan fingerprint density at radius 3 is 2.38 bits per heavy atom. The van der Waals surface area contributed by atoms with Crippen LogP contribution in [0.15, 0.2) is 24.5 Å². The zero-order valence-electron chi connectivity index (χ0n) is 12.5. The summed E-state index contributed by atoms with van der Waals surface area (Å²) in [5, 5.41) is 4.04. The fourth-order valence-electron chi connectivity index (χ4n) is 2.38. The summed E-state index contributed by atoms with van der Waals surface area (Å²) in [7, 11) is 3.45. The highest BCUT2D eigenvalue weighted by Crippen LogP contribution is 2.25. The third-order valence-corrected chi connectivity index (χ3v) is 3.19. The van der Waals surface area contributed by atoms with Gasteiger partial charge in [0, 0.05) is 38.4 Å². The monoisotopic (exact) mass is 294 g/mol. The first-order valence-corrected chi connectivity index (χ1v) is 6.79. The summed E-state index contributed by atoms with van der Waals surface area (Å²) in [5.74, 6) is -1.14. The van der Waals surface area contributed by atoms with Crippen LogP contribution in [0.5, 0.6) is 0 Å². The van der Waals surface area contributed by atoms with Crippen LogP contribution < -0.4 is 10.6 Å². The first-order valence-electron chi connectivity index (χ1n) is 6.79. The van der Waals surface area contributed by atoms with Gasteiger partial charge in [0.05, 0.1) is 6.20 Å². The molecule has 0 bridgehead atoms. The van der Waals surface area contributed by atoms with E-state index in [2.05, 4.69) is 5.10 Å². The van der Waals surface area contributed by atoms with E-state index in [4.69, 9.17) is 5.73 Å². The lowest BCUT2D eigenvalue weighted by atomic mass is 10.1. The number of rotatable bonds is 5. The van der Waals surface area contributed by atoms with Gasteiger partial charge in [-0.25, -0.2) is 8.78 Å². The van der Waals surface area contributed by atoms with Gasteiger partial charge in [0.2, 0.25) is 0 Å². The van der Waals surface area contributed by atoms with Crippen LogP contribution in [0.25, 0.3) is 0 Å². The normalized spacial score (nSPS) is 12.5. The van der Waals surface area contributed by atoms with Gasteiger partial charge in [-0.1, -0.05) is 0 Å². The van der Waals surface area contributed by atoms with Crippen LogP contribution in [0, 0.1) is 11.6 Å². The van der Waals surface area contributed by atoms with E-state index in [0.29, 0.717) is 18.5 Å². The Bertz CT molecular complexity index is 599. The van der Waals surface area contributed by atoms with Crippen molar-refractivity contribution >= 4 is 5.69 Å². The largest absolute Gasteiger partial charge is 0.365 e. The fraction of sp³-hybridized carbons (Fsp3) is 0.400. The number of anilines is 1. The Kier molecular flexibility index (Phi) is 4.57. The molecule has 2 N–H and O–H groups in total. The number of nitrogens with two attached hydrogens (primary N) is 1. The van der Waals surface area contributed by atoms with E-state index in [-0.39, 0.29) is 11.7 Å². The molecule has 6 heteroatoms. The lowest BCUT2D eigenvalue weighted by Gasteiger charge is -2.20. The maximum Gasteiger partial charge on any atom is 0.149 e. The standard InChI is InChI=1S/C15H20F2N4/c1-10(18)4-11-5-13(16)15(14(17)6-11)20(2)8-12-7-19-21(3)9-12/h5-7,9-10H,4,8,18H2,1-3H3. The zero-order valence-corrected chi connectivity index (χ0v) is 12.5. The summed E-state index contributed by atoms with van der Waals surface area (Å²) >= 11 is 0. The minimum Gasteiger partial charge on any atom is -0.365 e. The molecule has 1 unspecified atom stereocenters. The Labute approximate surface area is 123 Å². The maximum absolute atomic E-state index is 14.2. The molecule has 0 aliphatic heterocycles. The lowest BCUT2D eigenvalue weighted by Crippen LogP contribution is -2.21. The number of halogens is 2. The van der Waals surface area contributed by atoms with Crippen molar-refractivity contribution in [3.63, 3.8) is 0 Å². The molecule has 1 heterocycles. The Morgan fingerprint density at radius 1 is 1.29 bits per heavy atom. The molecule has 0 aliphatic rings. The SMILES string of the molecule is CC(N)Cc1cc(F)c(N(C)Cc2cnn(C)c2)c(F)c1. The second-order valence-corrected chi connectivity index (χ2v) is 5.47. The van der Waals surface area contributed by atoms with Crippen LogP contribution in [0.1, 0.15) is 18.1 Å². The first kappa shape index (κ1) is 15.4. The third kappa shape index (κ3) is 3.78. The second-order valence-electron chi connectivity index (χ2n) is 5.47. The molecule has 4 nitrogen and oxygen atoms in total. The van der Waals surface area contributed by atoms with Crippen LogP contribution in [-0.2, 0) is 20.0 Å². The zero-order chi connectivity index (χ0) is 15.6. The molecule has 21 heavy (non-hydrogen) atoms. The van der Waals surface area contributed by atoms with E-state index < -0.39 is 11.6 Å². The second kappa shape index (κ2) is 6.22. The predicted molar refractivity (Wildman–Crippen MR) is 79.0 cm³/mol. The molecular weight excluding hydrogens is 274 g/mol. The minimum absolute atomic E-state index is 0.0349. The van der Waals surface area contributed by atoms with E-state index in [1.54, 1.807) is 31.9 Å². The van der Waals surface area contributed by atoms with Gasteiger partial charge in [-0.15, -0.1) is 0 Å². The van der Waals surface area contributed by atoms with Crippen molar-refractivity contribution in [1.82, 2.24) is 9.78 Å². The summed E-state index contributed by atoms with van der Waals surface area (Å²) in [6, 6.07) is 2.56.